The SMILES string of the molecule is c1ccc(-c2nc(-c3ccccc3)nc(-c3ccc4c(c3)oc3cccc(-n5c6ccccc6c6cc7c(cc65)sc5ccccc57)c34)n2)cc1. The summed E-state index contributed by atoms with van der Waals surface area (Å²) in [5, 5.41) is 7.19. The Labute approximate surface area is 295 Å². The van der Waals surface area contributed by atoms with Crippen LogP contribution >= 0.6 is 11.3 Å². The lowest BCUT2D eigenvalue weighted by Gasteiger charge is -2.10. The Kier molecular flexibility index (Phi) is 6.05. The minimum Gasteiger partial charge on any atom is -0.456 e. The van der Waals surface area contributed by atoms with Crippen LogP contribution in [0.15, 0.2) is 162 Å². The molecule has 0 aliphatic rings. The third-order valence-electron chi connectivity index (χ3n) is 9.84. The molecule has 4 heterocycles. The van der Waals surface area contributed by atoms with E-state index in [2.05, 4.69) is 102 Å². The molecule has 0 radical (unpaired) electrons. The van der Waals surface area contributed by atoms with E-state index >= 15 is 0 Å². The maximum absolute atomic E-state index is 6.63. The first-order chi connectivity index (χ1) is 25.3. The maximum Gasteiger partial charge on any atom is 0.164 e. The van der Waals surface area contributed by atoms with Crippen molar-refractivity contribution in [3.05, 3.63) is 158 Å². The lowest BCUT2D eigenvalue weighted by atomic mass is 10.1. The van der Waals surface area contributed by atoms with Crippen molar-refractivity contribution in [3.8, 4) is 39.9 Å². The van der Waals surface area contributed by atoms with Gasteiger partial charge in [-0.15, -0.1) is 11.3 Å². The Balaban J connectivity index is 1.13. The zero-order valence-corrected chi connectivity index (χ0v) is 27.9. The molecular formula is C45H26N4OS. The van der Waals surface area contributed by atoms with Crippen molar-refractivity contribution in [3.63, 3.8) is 0 Å². The van der Waals surface area contributed by atoms with Crippen LogP contribution in [-0.2, 0) is 0 Å². The van der Waals surface area contributed by atoms with Crippen molar-refractivity contribution in [1.29, 1.82) is 0 Å². The fraction of sp³-hybridized carbons (Fsp3) is 0. The van der Waals surface area contributed by atoms with Crippen molar-refractivity contribution in [1.82, 2.24) is 19.5 Å². The first-order valence-corrected chi connectivity index (χ1v) is 17.8. The summed E-state index contributed by atoms with van der Waals surface area (Å²) < 4.78 is 11.6. The van der Waals surface area contributed by atoms with Crippen LogP contribution < -0.4 is 0 Å². The number of benzene rings is 7. The lowest BCUT2D eigenvalue weighted by molar-refractivity contribution is 0.669. The van der Waals surface area contributed by atoms with Gasteiger partial charge in [0.2, 0.25) is 0 Å². The molecule has 11 rings (SSSR count). The Bertz CT molecular complexity index is 3080. The minimum atomic E-state index is 0.597. The first kappa shape index (κ1) is 28.2. The molecule has 0 unspecified atom stereocenters. The number of hydrogen-bond acceptors (Lipinski definition) is 5. The molecule has 0 aliphatic carbocycles. The van der Waals surface area contributed by atoms with Gasteiger partial charge in [-0.25, -0.2) is 15.0 Å². The van der Waals surface area contributed by atoms with Crippen molar-refractivity contribution in [2.75, 3.05) is 0 Å². The molecule has 0 N–H and O–H groups in total. The van der Waals surface area contributed by atoms with Gasteiger partial charge in [-0.2, -0.15) is 0 Å². The van der Waals surface area contributed by atoms with Crippen molar-refractivity contribution in [2.24, 2.45) is 0 Å². The molecule has 11 aromatic rings. The average molecular weight is 671 g/mol. The molecule has 51 heavy (non-hydrogen) atoms. The second-order valence-electron chi connectivity index (χ2n) is 12.8. The monoisotopic (exact) mass is 670 g/mol. The number of fused-ring (bicyclic) bond motifs is 9. The van der Waals surface area contributed by atoms with E-state index in [0.717, 1.165) is 44.3 Å². The molecule has 238 valence electrons. The minimum absolute atomic E-state index is 0.597. The number of rotatable bonds is 4. The highest BCUT2D eigenvalue weighted by Gasteiger charge is 2.20. The number of thiophene rings is 1. The average Bonchev–Trinajstić information content (AvgIpc) is 3.86. The van der Waals surface area contributed by atoms with Gasteiger partial charge < -0.3 is 8.98 Å². The van der Waals surface area contributed by atoms with Gasteiger partial charge in [-0.1, -0.05) is 109 Å². The van der Waals surface area contributed by atoms with Crippen LogP contribution in [0.2, 0.25) is 0 Å². The normalized spacial score (nSPS) is 11.9. The smallest absolute Gasteiger partial charge is 0.164 e. The van der Waals surface area contributed by atoms with Crippen LogP contribution in [-0.4, -0.2) is 19.5 Å². The van der Waals surface area contributed by atoms with Crippen LogP contribution in [0.4, 0.5) is 0 Å². The van der Waals surface area contributed by atoms with Gasteiger partial charge in [-0.05, 0) is 48.5 Å². The second-order valence-corrected chi connectivity index (χ2v) is 13.9. The summed E-state index contributed by atoms with van der Waals surface area (Å²) in [6.45, 7) is 0. The zero-order chi connectivity index (χ0) is 33.5. The molecule has 0 fully saturated rings. The van der Waals surface area contributed by atoms with Gasteiger partial charge in [0.1, 0.15) is 11.2 Å². The van der Waals surface area contributed by atoms with Crippen LogP contribution in [0.1, 0.15) is 0 Å². The van der Waals surface area contributed by atoms with Gasteiger partial charge in [-0.3, -0.25) is 0 Å². The van der Waals surface area contributed by atoms with E-state index in [9.17, 15) is 0 Å². The van der Waals surface area contributed by atoms with E-state index in [1.54, 1.807) is 0 Å². The Morgan fingerprint density at radius 3 is 1.84 bits per heavy atom. The third kappa shape index (κ3) is 4.37. The van der Waals surface area contributed by atoms with Crippen molar-refractivity contribution >= 4 is 75.3 Å². The van der Waals surface area contributed by atoms with E-state index in [1.165, 1.54) is 42.0 Å². The Morgan fingerprint density at radius 2 is 1.08 bits per heavy atom. The summed E-state index contributed by atoms with van der Waals surface area (Å²) in [6, 6.07) is 54.9. The van der Waals surface area contributed by atoms with Gasteiger partial charge >= 0.3 is 0 Å². The van der Waals surface area contributed by atoms with E-state index in [0.29, 0.717) is 17.5 Å². The van der Waals surface area contributed by atoms with Gasteiger partial charge in [0.15, 0.2) is 17.5 Å². The topological polar surface area (TPSA) is 56.7 Å². The molecule has 0 bridgehead atoms. The molecule has 0 saturated carbocycles. The van der Waals surface area contributed by atoms with E-state index in [1.807, 2.05) is 72.0 Å². The molecule has 0 saturated heterocycles. The van der Waals surface area contributed by atoms with Crippen LogP contribution in [0.25, 0.3) is 104 Å². The molecule has 0 aliphatic heterocycles. The van der Waals surface area contributed by atoms with Crippen molar-refractivity contribution < 1.29 is 4.42 Å². The molecule has 6 heteroatoms. The molecule has 4 aromatic heterocycles. The fourth-order valence-corrected chi connectivity index (χ4v) is 8.64. The quantitative estimate of drug-likeness (QED) is 0.187. The predicted octanol–water partition coefficient (Wildman–Crippen LogP) is 12.2. The van der Waals surface area contributed by atoms with Gasteiger partial charge in [0.05, 0.1) is 22.1 Å². The van der Waals surface area contributed by atoms with E-state index in [-0.39, 0.29) is 0 Å². The third-order valence-corrected chi connectivity index (χ3v) is 11.0. The molecule has 0 atom stereocenters. The summed E-state index contributed by atoms with van der Waals surface area (Å²) in [5.41, 5.74) is 7.79. The highest BCUT2D eigenvalue weighted by molar-refractivity contribution is 7.25. The Hall–Kier alpha value is -6.63. The largest absolute Gasteiger partial charge is 0.456 e. The number of hydrogen-bond donors (Lipinski definition) is 0. The lowest BCUT2D eigenvalue weighted by Crippen LogP contribution is -2.00. The summed E-state index contributed by atoms with van der Waals surface area (Å²) in [6.07, 6.45) is 0. The molecule has 7 aromatic carbocycles. The first-order valence-electron chi connectivity index (χ1n) is 16.9. The molecule has 5 nitrogen and oxygen atoms in total. The van der Waals surface area contributed by atoms with Crippen LogP contribution in [0, 0.1) is 0 Å². The van der Waals surface area contributed by atoms with Crippen molar-refractivity contribution in [2.45, 2.75) is 0 Å². The van der Waals surface area contributed by atoms with Crippen LogP contribution in [0.3, 0.4) is 0 Å². The van der Waals surface area contributed by atoms with E-state index in [4.69, 9.17) is 19.4 Å². The van der Waals surface area contributed by atoms with Gasteiger partial charge in [0, 0.05) is 53.0 Å². The summed E-state index contributed by atoms with van der Waals surface area (Å²) in [7, 11) is 0. The molecular weight excluding hydrogens is 645 g/mol. The highest BCUT2D eigenvalue weighted by atomic mass is 32.1. The number of aromatic nitrogens is 4. The molecule has 0 amide bonds. The highest BCUT2D eigenvalue weighted by Crippen LogP contribution is 2.43. The fourth-order valence-electron chi connectivity index (χ4n) is 7.52. The maximum atomic E-state index is 6.63. The molecule has 0 spiro atoms. The summed E-state index contributed by atoms with van der Waals surface area (Å²) in [5.74, 6) is 1.86. The number of furan rings is 1. The standard InChI is InChI=1S/C45H26N4OS/c1-3-12-27(13-4-1)43-46-44(28-14-5-2-6-15-28)48-45(47-43)29-22-23-32-39(24-29)50-38-20-11-19-36(42(32)38)49-35-18-9-7-16-30(35)33-25-34-31-17-8-10-21-40(31)51-41(34)26-37(33)49/h1-26H. The summed E-state index contributed by atoms with van der Waals surface area (Å²) >= 11 is 1.85. The number of nitrogens with zero attached hydrogens (tertiary/aromatic N) is 4. The second kappa shape index (κ2) is 10.9. The Morgan fingerprint density at radius 1 is 0.412 bits per heavy atom. The zero-order valence-electron chi connectivity index (χ0n) is 27.1. The summed E-state index contributed by atoms with van der Waals surface area (Å²) in [4.78, 5) is 14.8. The number of para-hydroxylation sites is 1. The predicted molar refractivity (Wildman–Crippen MR) is 211 cm³/mol. The van der Waals surface area contributed by atoms with Gasteiger partial charge in [0.25, 0.3) is 0 Å². The van der Waals surface area contributed by atoms with E-state index < -0.39 is 0 Å². The van der Waals surface area contributed by atoms with Crippen LogP contribution in [0.5, 0.6) is 0 Å².